The molecule has 7 heteroatoms. The predicted octanol–water partition coefficient (Wildman–Crippen LogP) is 7.36. The Morgan fingerprint density at radius 1 is 0.867 bits per heavy atom. The van der Waals surface area contributed by atoms with Crippen molar-refractivity contribution >= 4 is 35.0 Å². The van der Waals surface area contributed by atoms with Crippen LogP contribution in [0.3, 0.4) is 0 Å². The van der Waals surface area contributed by atoms with Crippen LogP contribution in [0.25, 0.3) is 11.4 Å². The van der Waals surface area contributed by atoms with Gasteiger partial charge in [0.2, 0.25) is 0 Å². The second-order valence-electron chi connectivity index (χ2n) is 6.45. The van der Waals surface area contributed by atoms with Crippen LogP contribution in [0.15, 0.2) is 78.0 Å². The molecule has 30 heavy (non-hydrogen) atoms. The lowest BCUT2D eigenvalue weighted by atomic mass is 10.2. The monoisotopic (exact) mass is 455 g/mol. The smallest absolute Gasteiger partial charge is 0.191 e. The quantitative estimate of drug-likeness (QED) is 0.273. The van der Waals surface area contributed by atoms with Crippen molar-refractivity contribution in [2.75, 3.05) is 0 Å². The number of halogens is 2. The number of ether oxygens (including phenoxy) is 1. The van der Waals surface area contributed by atoms with Crippen LogP contribution in [-0.2, 0) is 12.3 Å². The zero-order chi connectivity index (χ0) is 20.9. The van der Waals surface area contributed by atoms with Gasteiger partial charge in [0.15, 0.2) is 11.0 Å². The van der Waals surface area contributed by atoms with Gasteiger partial charge in [-0.05, 0) is 48.9 Å². The van der Waals surface area contributed by atoms with Gasteiger partial charge in [-0.3, -0.25) is 0 Å². The second kappa shape index (κ2) is 9.56. The van der Waals surface area contributed by atoms with Crippen LogP contribution in [0.1, 0.15) is 12.5 Å². The normalized spacial score (nSPS) is 10.9. The van der Waals surface area contributed by atoms with Gasteiger partial charge in [0.1, 0.15) is 11.5 Å². The SMILES string of the molecule is CCn1c(SCc2c(Cl)cccc2Cl)nnc1-c1ccccc1Oc1ccccc1. The van der Waals surface area contributed by atoms with Crippen molar-refractivity contribution in [3.63, 3.8) is 0 Å². The number of hydrogen-bond donors (Lipinski definition) is 0. The third kappa shape index (κ3) is 4.48. The van der Waals surface area contributed by atoms with Crippen LogP contribution in [0.4, 0.5) is 0 Å². The van der Waals surface area contributed by atoms with Gasteiger partial charge in [0, 0.05) is 22.3 Å². The molecule has 0 aliphatic carbocycles. The number of rotatable bonds is 7. The van der Waals surface area contributed by atoms with Crippen molar-refractivity contribution in [3.8, 4) is 22.9 Å². The minimum atomic E-state index is 0.610. The van der Waals surface area contributed by atoms with Crippen molar-refractivity contribution in [1.82, 2.24) is 14.8 Å². The summed E-state index contributed by atoms with van der Waals surface area (Å²) in [7, 11) is 0. The van der Waals surface area contributed by atoms with Gasteiger partial charge >= 0.3 is 0 Å². The van der Waals surface area contributed by atoms with E-state index in [1.807, 2.05) is 72.8 Å². The van der Waals surface area contributed by atoms with Crippen molar-refractivity contribution in [2.24, 2.45) is 0 Å². The zero-order valence-corrected chi connectivity index (χ0v) is 18.6. The van der Waals surface area contributed by atoms with Gasteiger partial charge in [-0.1, -0.05) is 71.4 Å². The molecule has 0 amide bonds. The minimum Gasteiger partial charge on any atom is -0.457 e. The third-order valence-corrected chi connectivity index (χ3v) is 6.24. The molecule has 152 valence electrons. The molecule has 0 spiro atoms. The van der Waals surface area contributed by atoms with Crippen LogP contribution >= 0.6 is 35.0 Å². The molecule has 4 aromatic rings. The Hall–Kier alpha value is -2.47. The molecule has 0 saturated carbocycles. The van der Waals surface area contributed by atoms with E-state index < -0.39 is 0 Å². The standard InChI is InChI=1S/C23H19Cl2N3OS/c1-2-28-22(17-11-6-7-14-21(17)29-16-9-4-3-5-10-16)26-27-23(28)30-15-18-19(24)12-8-13-20(18)25/h3-14H,2,15H2,1H3. The maximum absolute atomic E-state index is 6.31. The summed E-state index contributed by atoms with van der Waals surface area (Å²) >= 11 is 14.2. The average Bonchev–Trinajstić information content (AvgIpc) is 3.17. The summed E-state index contributed by atoms with van der Waals surface area (Å²) < 4.78 is 8.18. The van der Waals surface area contributed by atoms with E-state index in [1.165, 1.54) is 0 Å². The van der Waals surface area contributed by atoms with E-state index in [-0.39, 0.29) is 0 Å². The first-order chi connectivity index (χ1) is 14.7. The predicted molar refractivity (Wildman–Crippen MR) is 124 cm³/mol. The molecule has 4 nitrogen and oxygen atoms in total. The molecule has 1 aromatic heterocycles. The minimum absolute atomic E-state index is 0.610. The van der Waals surface area contributed by atoms with Gasteiger partial charge in [-0.25, -0.2) is 0 Å². The maximum Gasteiger partial charge on any atom is 0.191 e. The van der Waals surface area contributed by atoms with E-state index in [9.17, 15) is 0 Å². The largest absolute Gasteiger partial charge is 0.457 e. The van der Waals surface area contributed by atoms with Gasteiger partial charge in [-0.2, -0.15) is 0 Å². The number of aromatic nitrogens is 3. The third-order valence-electron chi connectivity index (χ3n) is 4.54. The highest BCUT2D eigenvalue weighted by Crippen LogP contribution is 2.35. The van der Waals surface area contributed by atoms with Crippen LogP contribution in [0, 0.1) is 0 Å². The summed E-state index contributed by atoms with van der Waals surface area (Å²) in [5, 5.41) is 11.0. The van der Waals surface area contributed by atoms with Gasteiger partial charge in [-0.15, -0.1) is 10.2 Å². The van der Waals surface area contributed by atoms with E-state index in [4.69, 9.17) is 27.9 Å². The zero-order valence-electron chi connectivity index (χ0n) is 16.3. The fourth-order valence-electron chi connectivity index (χ4n) is 3.04. The van der Waals surface area contributed by atoms with Gasteiger partial charge < -0.3 is 9.30 Å². The van der Waals surface area contributed by atoms with E-state index >= 15 is 0 Å². The summed E-state index contributed by atoms with van der Waals surface area (Å²) in [6.45, 7) is 2.79. The van der Waals surface area contributed by atoms with Crippen LogP contribution in [0.2, 0.25) is 10.0 Å². The Morgan fingerprint density at radius 2 is 1.57 bits per heavy atom. The molecular formula is C23H19Cl2N3OS. The molecule has 0 fully saturated rings. The lowest BCUT2D eigenvalue weighted by Crippen LogP contribution is -2.01. The Bertz CT molecular complexity index is 1130. The highest BCUT2D eigenvalue weighted by atomic mass is 35.5. The number of thioether (sulfide) groups is 1. The molecular weight excluding hydrogens is 437 g/mol. The van der Waals surface area contributed by atoms with Crippen molar-refractivity contribution < 1.29 is 4.74 Å². The molecule has 3 aromatic carbocycles. The van der Waals surface area contributed by atoms with Crippen molar-refractivity contribution in [1.29, 1.82) is 0 Å². The van der Waals surface area contributed by atoms with Crippen LogP contribution in [-0.4, -0.2) is 14.8 Å². The van der Waals surface area contributed by atoms with E-state index in [1.54, 1.807) is 11.8 Å². The molecule has 0 radical (unpaired) electrons. The first-order valence-electron chi connectivity index (χ1n) is 9.48. The summed E-state index contributed by atoms with van der Waals surface area (Å²) in [4.78, 5) is 0. The molecule has 0 unspecified atom stereocenters. The number of para-hydroxylation sites is 2. The Kier molecular flexibility index (Phi) is 6.62. The summed E-state index contributed by atoms with van der Waals surface area (Å²) in [5.41, 5.74) is 1.78. The Morgan fingerprint density at radius 3 is 2.30 bits per heavy atom. The number of nitrogens with zero attached hydrogens (tertiary/aromatic N) is 3. The Balaban J connectivity index is 1.63. The topological polar surface area (TPSA) is 39.9 Å². The first kappa shape index (κ1) is 20.8. The molecule has 0 aliphatic rings. The lowest BCUT2D eigenvalue weighted by Gasteiger charge is -2.12. The number of benzene rings is 3. The Labute approximate surface area is 189 Å². The molecule has 0 saturated heterocycles. The van der Waals surface area contributed by atoms with Crippen molar-refractivity contribution in [3.05, 3.63) is 88.4 Å². The fourth-order valence-corrected chi connectivity index (χ4v) is 4.79. The molecule has 4 rings (SSSR count). The van der Waals surface area contributed by atoms with E-state index in [2.05, 4.69) is 21.7 Å². The van der Waals surface area contributed by atoms with Crippen LogP contribution < -0.4 is 4.74 Å². The number of hydrogen-bond acceptors (Lipinski definition) is 4. The highest BCUT2D eigenvalue weighted by Gasteiger charge is 2.18. The van der Waals surface area contributed by atoms with E-state index in [0.29, 0.717) is 15.8 Å². The summed E-state index contributed by atoms with van der Waals surface area (Å²) in [5.74, 6) is 2.88. The van der Waals surface area contributed by atoms with Crippen LogP contribution in [0.5, 0.6) is 11.5 Å². The van der Waals surface area contributed by atoms with Gasteiger partial charge in [0.25, 0.3) is 0 Å². The molecule has 0 bridgehead atoms. The summed E-state index contributed by atoms with van der Waals surface area (Å²) in [6, 6.07) is 23.1. The van der Waals surface area contributed by atoms with Crippen molar-refractivity contribution in [2.45, 2.75) is 24.4 Å². The summed E-state index contributed by atoms with van der Waals surface area (Å²) in [6.07, 6.45) is 0. The highest BCUT2D eigenvalue weighted by molar-refractivity contribution is 7.98. The van der Waals surface area contributed by atoms with E-state index in [0.717, 1.165) is 40.2 Å². The average molecular weight is 456 g/mol. The fraction of sp³-hybridized carbons (Fsp3) is 0.130. The molecule has 1 heterocycles. The second-order valence-corrected chi connectivity index (χ2v) is 8.21. The molecule has 0 atom stereocenters. The lowest BCUT2D eigenvalue weighted by molar-refractivity contribution is 0.483. The maximum atomic E-state index is 6.31. The van der Waals surface area contributed by atoms with Gasteiger partial charge in [0.05, 0.1) is 5.56 Å². The molecule has 0 aliphatic heterocycles. The molecule has 0 N–H and O–H groups in total. The first-order valence-corrected chi connectivity index (χ1v) is 11.2.